The number of carbonyl (C=O) groups is 3. The minimum absolute atomic E-state index is 0.0671. The number of nitrogens with one attached hydrogen (secondary N) is 1. The number of rotatable bonds is 6. The van der Waals surface area contributed by atoms with Gasteiger partial charge in [-0.25, -0.2) is 9.59 Å². The minimum atomic E-state index is -4.77. The molecule has 0 aromatic heterocycles. The van der Waals surface area contributed by atoms with Gasteiger partial charge in [-0.3, -0.25) is 14.6 Å². The molecular weight excluding hydrogens is 675 g/mol. The lowest BCUT2D eigenvalue weighted by molar-refractivity contribution is -0.142. The van der Waals surface area contributed by atoms with Gasteiger partial charge in [0.1, 0.15) is 0 Å². The fourth-order valence-corrected chi connectivity index (χ4v) is 7.46. The number of halogens is 4. The average Bonchev–Trinajstić information content (AvgIpc) is 3.27. The first-order valence-corrected chi connectivity index (χ1v) is 17.4. The Bertz CT molecular complexity index is 1610. The highest BCUT2D eigenvalue weighted by Crippen LogP contribution is 2.38. The number of urea groups is 1. The number of para-hydroxylation sites is 1. The lowest BCUT2D eigenvalue weighted by atomic mass is 9.99. The van der Waals surface area contributed by atoms with Gasteiger partial charge in [0.2, 0.25) is 0 Å². The van der Waals surface area contributed by atoms with Crippen molar-refractivity contribution in [2.75, 3.05) is 70.5 Å². The molecular formula is C35H43ClF3N7O4. The Kier molecular flexibility index (Phi) is 10.8. The summed E-state index contributed by atoms with van der Waals surface area (Å²) in [5.41, 5.74) is 5.80. The van der Waals surface area contributed by atoms with Crippen LogP contribution in [0.4, 0.5) is 34.1 Å². The number of ether oxygens (including phenoxy) is 1. The topological polar surface area (TPSA) is 115 Å². The van der Waals surface area contributed by atoms with E-state index in [1.54, 1.807) is 15.9 Å². The maximum Gasteiger partial charge on any atom is 0.418 e. The second kappa shape index (κ2) is 15.1. The average molecular weight is 718 g/mol. The molecule has 0 radical (unpaired) electrons. The smallest absolute Gasteiger partial charge is 0.418 e. The number of likely N-dealkylation sites (tertiary alicyclic amines) is 1. The van der Waals surface area contributed by atoms with Crippen molar-refractivity contribution in [3.63, 3.8) is 0 Å². The number of amides is 4. The van der Waals surface area contributed by atoms with Crippen molar-refractivity contribution in [3.05, 3.63) is 70.4 Å². The summed E-state index contributed by atoms with van der Waals surface area (Å²) in [4.78, 5) is 49.9. The molecule has 4 heterocycles. The molecule has 0 saturated carbocycles. The van der Waals surface area contributed by atoms with Gasteiger partial charge in [-0.15, -0.1) is 0 Å². The molecule has 15 heteroatoms. The van der Waals surface area contributed by atoms with E-state index in [2.05, 4.69) is 22.2 Å². The minimum Gasteiger partial charge on any atom is -0.435 e. The Hall–Kier alpha value is -4.01. The van der Waals surface area contributed by atoms with Crippen molar-refractivity contribution in [1.82, 2.24) is 24.5 Å². The molecule has 0 bridgehead atoms. The van der Waals surface area contributed by atoms with Crippen molar-refractivity contribution >= 4 is 41.0 Å². The molecule has 4 aliphatic heterocycles. The van der Waals surface area contributed by atoms with Gasteiger partial charge in [-0.2, -0.15) is 13.2 Å². The van der Waals surface area contributed by atoms with E-state index in [9.17, 15) is 27.6 Å². The number of alkyl halides is 3. The number of carbonyl (C=O) groups excluding carboxylic acids is 3. The van der Waals surface area contributed by atoms with E-state index in [0.29, 0.717) is 38.5 Å². The highest BCUT2D eigenvalue weighted by molar-refractivity contribution is 6.33. The Labute approximate surface area is 294 Å². The molecule has 2 saturated heterocycles. The summed E-state index contributed by atoms with van der Waals surface area (Å²) in [6, 6.07) is 9.57. The summed E-state index contributed by atoms with van der Waals surface area (Å²) >= 11 is 6.10. The predicted molar refractivity (Wildman–Crippen MR) is 184 cm³/mol. The molecule has 2 fully saturated rings. The lowest BCUT2D eigenvalue weighted by Gasteiger charge is -2.42. The highest BCUT2D eigenvalue weighted by Gasteiger charge is 2.38. The van der Waals surface area contributed by atoms with Crippen LogP contribution in [0.5, 0.6) is 0 Å². The third kappa shape index (κ3) is 8.13. The molecule has 0 aliphatic carbocycles. The first kappa shape index (κ1) is 35.8. The molecule has 3 N–H and O–H groups in total. The van der Waals surface area contributed by atoms with E-state index in [0.717, 1.165) is 56.3 Å². The molecule has 4 amide bonds. The zero-order valence-electron chi connectivity index (χ0n) is 28.0. The zero-order chi connectivity index (χ0) is 35.6. The summed E-state index contributed by atoms with van der Waals surface area (Å²) in [6.07, 6.45) is -1.43. The van der Waals surface area contributed by atoms with Crippen LogP contribution in [0, 0.1) is 0 Å². The SMILES string of the molecule is CN1CCN(C2CCN(C(=O)[C@@H](Cc3cc(Cl)c(N)c(C(F)(F)F)c3)OC(=O)N3C=CC(N4CCc5ccccc5NC4=O)CC3)CC2)CC1. The van der Waals surface area contributed by atoms with Gasteiger partial charge >= 0.3 is 18.3 Å². The monoisotopic (exact) mass is 717 g/mol. The number of piperazine rings is 1. The van der Waals surface area contributed by atoms with Crippen LogP contribution < -0.4 is 11.1 Å². The van der Waals surface area contributed by atoms with Gasteiger partial charge in [0.25, 0.3) is 5.91 Å². The van der Waals surface area contributed by atoms with E-state index in [1.165, 1.54) is 17.2 Å². The third-order valence-electron chi connectivity index (χ3n) is 10.2. The molecule has 2 aromatic carbocycles. The molecule has 1 unspecified atom stereocenters. The summed E-state index contributed by atoms with van der Waals surface area (Å²) in [5, 5.41) is 2.65. The van der Waals surface area contributed by atoms with Gasteiger partial charge in [0.15, 0.2) is 6.10 Å². The largest absolute Gasteiger partial charge is 0.435 e. The molecule has 50 heavy (non-hydrogen) atoms. The Balaban J connectivity index is 1.15. The maximum atomic E-state index is 14.0. The number of likely N-dealkylation sites (N-methyl/N-ethyl adjacent to an activating group) is 1. The number of nitrogens with zero attached hydrogens (tertiary/aromatic N) is 5. The van der Waals surface area contributed by atoms with Crippen LogP contribution in [-0.2, 0) is 28.5 Å². The first-order valence-electron chi connectivity index (χ1n) is 17.0. The predicted octanol–water partition coefficient (Wildman–Crippen LogP) is 4.91. The normalized spacial score (nSPS) is 21.7. The molecule has 6 rings (SSSR count). The standard InChI is InChI=1S/C35H43ClF3N7O4/c1-42-16-18-43(19-17-42)25-7-11-44(12-8-25)32(47)30(22-23-20-27(35(37,38)39)31(40)28(36)21-23)50-34(49)45-13-9-26(10-14-45)46-15-6-24-4-2-3-5-29(24)41-33(46)48/h2-5,9,13,20-21,25-26,30H,6-8,10-12,14-19,22,40H2,1H3,(H,41,48)/t26?,30-/m1/s1. The molecule has 2 aromatic rings. The molecule has 0 spiro atoms. The number of piperidine rings is 1. The molecule has 4 aliphatic rings. The Morgan fingerprint density at radius 1 is 1.02 bits per heavy atom. The van der Waals surface area contributed by atoms with Crippen LogP contribution in [0.3, 0.4) is 0 Å². The quantitative estimate of drug-likeness (QED) is 0.409. The number of nitrogens with two attached hydrogens (primary N) is 1. The number of hydrogen-bond donors (Lipinski definition) is 2. The fraction of sp³-hybridized carbons (Fsp3) is 0.514. The van der Waals surface area contributed by atoms with E-state index >= 15 is 0 Å². The van der Waals surface area contributed by atoms with Gasteiger partial charge in [-0.1, -0.05) is 29.8 Å². The van der Waals surface area contributed by atoms with E-state index < -0.39 is 35.5 Å². The summed E-state index contributed by atoms with van der Waals surface area (Å²) < 4.78 is 47.2. The summed E-state index contributed by atoms with van der Waals surface area (Å²) in [7, 11) is 2.09. The highest BCUT2D eigenvalue weighted by atomic mass is 35.5. The number of fused-ring (bicyclic) bond motifs is 1. The van der Waals surface area contributed by atoms with Gasteiger partial charge in [0.05, 0.1) is 22.3 Å². The van der Waals surface area contributed by atoms with Crippen molar-refractivity contribution in [2.45, 2.75) is 56.5 Å². The van der Waals surface area contributed by atoms with Crippen LogP contribution in [-0.4, -0.2) is 120 Å². The lowest BCUT2D eigenvalue weighted by Crippen LogP contribution is -2.54. The number of nitrogen functional groups attached to an aromatic ring is 1. The second-order valence-electron chi connectivity index (χ2n) is 13.4. The van der Waals surface area contributed by atoms with Crippen molar-refractivity contribution < 1.29 is 32.3 Å². The summed E-state index contributed by atoms with van der Waals surface area (Å²) in [6.45, 7) is 5.44. The Morgan fingerprint density at radius 2 is 1.74 bits per heavy atom. The van der Waals surface area contributed by atoms with Gasteiger partial charge in [-0.05, 0) is 68.1 Å². The molecule has 11 nitrogen and oxygen atoms in total. The van der Waals surface area contributed by atoms with Crippen molar-refractivity contribution in [1.29, 1.82) is 0 Å². The van der Waals surface area contributed by atoms with Gasteiger partial charge in [0, 0.05) is 76.7 Å². The van der Waals surface area contributed by atoms with Crippen LogP contribution in [0.25, 0.3) is 0 Å². The van der Waals surface area contributed by atoms with Crippen LogP contribution in [0.15, 0.2) is 48.7 Å². The van der Waals surface area contributed by atoms with Crippen LogP contribution in [0.2, 0.25) is 5.02 Å². The number of anilines is 2. The second-order valence-corrected chi connectivity index (χ2v) is 13.8. The fourth-order valence-electron chi connectivity index (χ4n) is 7.21. The summed E-state index contributed by atoms with van der Waals surface area (Å²) in [5.74, 6) is -0.476. The van der Waals surface area contributed by atoms with Crippen molar-refractivity contribution in [2.24, 2.45) is 0 Å². The maximum absolute atomic E-state index is 14.0. The van der Waals surface area contributed by atoms with Crippen LogP contribution >= 0.6 is 11.6 Å². The first-order chi connectivity index (χ1) is 23.9. The molecule has 2 atom stereocenters. The number of hydrogen-bond acceptors (Lipinski definition) is 7. The number of benzene rings is 2. The van der Waals surface area contributed by atoms with Crippen LogP contribution in [0.1, 0.15) is 36.0 Å². The van der Waals surface area contributed by atoms with E-state index in [1.807, 2.05) is 24.3 Å². The van der Waals surface area contributed by atoms with Gasteiger partial charge < -0.3 is 30.5 Å². The van der Waals surface area contributed by atoms with Crippen molar-refractivity contribution in [3.8, 4) is 0 Å². The third-order valence-corrected chi connectivity index (χ3v) is 10.5. The Morgan fingerprint density at radius 3 is 2.42 bits per heavy atom. The zero-order valence-corrected chi connectivity index (χ0v) is 28.8. The molecule has 270 valence electrons. The van der Waals surface area contributed by atoms with E-state index in [4.69, 9.17) is 22.1 Å². The van der Waals surface area contributed by atoms with E-state index in [-0.39, 0.29) is 35.6 Å².